The highest BCUT2D eigenvalue weighted by Crippen LogP contribution is 2.21. The van der Waals surface area contributed by atoms with Crippen molar-refractivity contribution in [3.63, 3.8) is 0 Å². The Balaban J connectivity index is 2.51. The van der Waals surface area contributed by atoms with Crippen LogP contribution in [0.5, 0.6) is 0 Å². The second kappa shape index (κ2) is 4.39. The number of hydrogen-bond donors (Lipinski definition) is 1. The molecule has 0 saturated carbocycles. The van der Waals surface area contributed by atoms with Crippen molar-refractivity contribution in [3.8, 4) is 0 Å². The molecule has 1 fully saturated rings. The molecule has 0 amide bonds. The molecule has 90 valence electrons. The molecule has 4 nitrogen and oxygen atoms in total. The maximum atomic E-state index is 11.9. The van der Waals surface area contributed by atoms with Crippen molar-refractivity contribution in [2.24, 2.45) is 5.41 Å². The smallest absolute Gasteiger partial charge is 0.214 e. The van der Waals surface area contributed by atoms with Gasteiger partial charge in [-0.25, -0.2) is 8.42 Å². The summed E-state index contributed by atoms with van der Waals surface area (Å²) in [6.07, 6.45) is 0.708. The van der Waals surface area contributed by atoms with E-state index >= 15 is 0 Å². The van der Waals surface area contributed by atoms with Gasteiger partial charge in [-0.1, -0.05) is 20.8 Å². The lowest BCUT2D eigenvalue weighted by Gasteiger charge is -2.35. The molecule has 15 heavy (non-hydrogen) atoms. The molecule has 0 unspecified atom stereocenters. The Labute approximate surface area is 93.1 Å². The van der Waals surface area contributed by atoms with E-state index < -0.39 is 10.0 Å². The molecule has 1 aliphatic heterocycles. The predicted molar refractivity (Wildman–Crippen MR) is 62.3 cm³/mol. The van der Waals surface area contributed by atoms with Crippen molar-refractivity contribution >= 4 is 10.0 Å². The van der Waals surface area contributed by atoms with E-state index in [9.17, 15) is 8.42 Å². The van der Waals surface area contributed by atoms with Crippen molar-refractivity contribution in [3.05, 3.63) is 0 Å². The molecule has 0 aromatic carbocycles. The van der Waals surface area contributed by atoms with E-state index in [1.54, 1.807) is 7.05 Å². The first-order valence-electron chi connectivity index (χ1n) is 5.39. The fraction of sp³-hybridized carbons (Fsp3) is 1.00. The van der Waals surface area contributed by atoms with Crippen molar-refractivity contribution < 1.29 is 8.42 Å². The Morgan fingerprint density at radius 1 is 1.33 bits per heavy atom. The normalized spacial score (nSPS) is 19.3. The number of likely N-dealkylation sites (N-methyl/N-ethyl adjacent to an activating group) is 1. The summed E-state index contributed by atoms with van der Waals surface area (Å²) in [5, 5.41) is 3.08. The van der Waals surface area contributed by atoms with E-state index in [1.165, 1.54) is 4.31 Å². The zero-order chi connectivity index (χ0) is 11.7. The topological polar surface area (TPSA) is 49.4 Å². The Morgan fingerprint density at radius 2 is 1.87 bits per heavy atom. The van der Waals surface area contributed by atoms with Gasteiger partial charge in [0.25, 0.3) is 0 Å². The third-order valence-corrected chi connectivity index (χ3v) is 4.72. The highest BCUT2D eigenvalue weighted by atomic mass is 32.2. The lowest BCUT2D eigenvalue weighted by Crippen LogP contribution is -2.57. The molecule has 0 radical (unpaired) electrons. The molecule has 1 saturated heterocycles. The molecule has 5 heteroatoms. The van der Waals surface area contributed by atoms with Crippen molar-refractivity contribution in [2.45, 2.75) is 33.2 Å². The van der Waals surface area contributed by atoms with Crippen LogP contribution < -0.4 is 5.32 Å². The maximum Gasteiger partial charge on any atom is 0.214 e. The maximum absolute atomic E-state index is 11.9. The van der Waals surface area contributed by atoms with E-state index in [0.29, 0.717) is 6.42 Å². The van der Waals surface area contributed by atoms with Crippen LogP contribution in [0.15, 0.2) is 0 Å². The van der Waals surface area contributed by atoms with Crippen LogP contribution in [0.1, 0.15) is 27.2 Å². The number of rotatable bonds is 4. The molecule has 1 rings (SSSR count). The lowest BCUT2D eigenvalue weighted by molar-refractivity contribution is 0.272. The summed E-state index contributed by atoms with van der Waals surface area (Å²) in [7, 11) is -1.38. The zero-order valence-electron chi connectivity index (χ0n) is 10.1. The van der Waals surface area contributed by atoms with Crippen LogP contribution in [-0.4, -0.2) is 44.7 Å². The third kappa shape index (κ3) is 3.74. The fourth-order valence-corrected chi connectivity index (χ4v) is 3.10. The van der Waals surface area contributed by atoms with Crippen molar-refractivity contribution in [1.82, 2.24) is 9.62 Å². The van der Waals surface area contributed by atoms with E-state index in [-0.39, 0.29) is 17.2 Å². The van der Waals surface area contributed by atoms with Crippen LogP contribution in [0, 0.1) is 5.41 Å². The quantitative estimate of drug-likeness (QED) is 0.777. The molecule has 1 N–H and O–H groups in total. The molecule has 0 atom stereocenters. The monoisotopic (exact) mass is 234 g/mol. The second-order valence-corrected chi connectivity index (χ2v) is 7.60. The van der Waals surface area contributed by atoms with Crippen LogP contribution in [0.25, 0.3) is 0 Å². The standard InChI is InChI=1S/C10H22N2O2S/c1-10(2,3)5-6-15(13,14)12(4)9-7-11-8-9/h9,11H,5-8H2,1-4H3. The van der Waals surface area contributed by atoms with Gasteiger partial charge in [-0.15, -0.1) is 0 Å². The van der Waals surface area contributed by atoms with Crippen molar-refractivity contribution in [2.75, 3.05) is 25.9 Å². The molecule has 0 spiro atoms. The zero-order valence-corrected chi connectivity index (χ0v) is 10.9. The van der Waals surface area contributed by atoms with Crippen molar-refractivity contribution in [1.29, 1.82) is 0 Å². The number of nitrogens with one attached hydrogen (secondary N) is 1. The van der Waals surface area contributed by atoms with Gasteiger partial charge in [-0.05, 0) is 11.8 Å². The first-order valence-corrected chi connectivity index (χ1v) is 7.00. The number of nitrogens with zero attached hydrogens (tertiary/aromatic N) is 1. The summed E-state index contributed by atoms with van der Waals surface area (Å²) in [4.78, 5) is 0. The minimum absolute atomic E-state index is 0.0752. The van der Waals surface area contributed by atoms with E-state index in [1.807, 2.05) is 0 Å². The van der Waals surface area contributed by atoms with Crippen LogP contribution >= 0.6 is 0 Å². The van der Waals surface area contributed by atoms with Gasteiger partial charge < -0.3 is 5.32 Å². The fourth-order valence-electron chi connectivity index (χ4n) is 1.34. The molecule has 1 heterocycles. The Bertz CT molecular complexity index is 302. The number of hydrogen-bond acceptors (Lipinski definition) is 3. The summed E-state index contributed by atoms with van der Waals surface area (Å²) in [6.45, 7) is 7.75. The van der Waals surface area contributed by atoms with Crippen LogP contribution in [0.4, 0.5) is 0 Å². The SMILES string of the molecule is CN(C1CNC1)S(=O)(=O)CCC(C)(C)C. The van der Waals surface area contributed by atoms with Gasteiger partial charge in [-0.3, -0.25) is 0 Å². The summed E-state index contributed by atoms with van der Waals surface area (Å²) in [5.74, 6) is 0.253. The van der Waals surface area contributed by atoms with Crippen LogP contribution in [0.2, 0.25) is 0 Å². The van der Waals surface area contributed by atoms with Gasteiger partial charge >= 0.3 is 0 Å². The predicted octanol–water partition coefficient (Wildman–Crippen LogP) is 0.656. The number of sulfonamides is 1. The highest BCUT2D eigenvalue weighted by Gasteiger charge is 2.30. The van der Waals surface area contributed by atoms with Gasteiger partial charge in [0, 0.05) is 26.2 Å². The first-order chi connectivity index (χ1) is 6.72. The van der Waals surface area contributed by atoms with Gasteiger partial charge in [0.1, 0.15) is 0 Å². The summed E-state index contributed by atoms with van der Waals surface area (Å²) < 4.78 is 25.3. The summed E-state index contributed by atoms with van der Waals surface area (Å²) >= 11 is 0. The van der Waals surface area contributed by atoms with Gasteiger partial charge in [0.05, 0.1) is 5.75 Å². The van der Waals surface area contributed by atoms with Gasteiger partial charge in [0.2, 0.25) is 10.0 Å². The average molecular weight is 234 g/mol. The highest BCUT2D eigenvalue weighted by molar-refractivity contribution is 7.89. The molecule has 0 bridgehead atoms. The van der Waals surface area contributed by atoms with E-state index in [2.05, 4.69) is 26.1 Å². The molecule has 0 aliphatic carbocycles. The minimum Gasteiger partial charge on any atom is -0.313 e. The molecular formula is C10H22N2O2S. The minimum atomic E-state index is -3.06. The lowest BCUT2D eigenvalue weighted by atomic mass is 9.94. The molecule has 0 aromatic rings. The largest absolute Gasteiger partial charge is 0.313 e. The second-order valence-electron chi connectivity index (χ2n) is 5.45. The van der Waals surface area contributed by atoms with E-state index in [4.69, 9.17) is 0 Å². The Kier molecular flexibility index (Phi) is 3.79. The molecule has 0 aromatic heterocycles. The van der Waals surface area contributed by atoms with Crippen LogP contribution in [-0.2, 0) is 10.0 Å². The third-order valence-electron chi connectivity index (χ3n) is 2.82. The Morgan fingerprint density at radius 3 is 2.20 bits per heavy atom. The summed E-state index contributed by atoms with van der Waals surface area (Å²) in [5.41, 5.74) is 0.0752. The first kappa shape index (κ1) is 12.9. The van der Waals surface area contributed by atoms with Crippen LogP contribution in [0.3, 0.4) is 0 Å². The Hall–Kier alpha value is -0.130. The van der Waals surface area contributed by atoms with E-state index in [0.717, 1.165) is 13.1 Å². The molecular weight excluding hydrogens is 212 g/mol. The molecule has 1 aliphatic rings. The summed E-state index contributed by atoms with van der Waals surface area (Å²) in [6, 6.07) is 0.162. The van der Waals surface area contributed by atoms with Gasteiger partial charge in [0.15, 0.2) is 0 Å². The average Bonchev–Trinajstić information content (AvgIpc) is 1.96. The van der Waals surface area contributed by atoms with Gasteiger partial charge in [-0.2, -0.15) is 4.31 Å².